The molecule has 0 aliphatic heterocycles. The van der Waals surface area contributed by atoms with Gasteiger partial charge in [-0.2, -0.15) is 5.26 Å². The van der Waals surface area contributed by atoms with Crippen LogP contribution in [0.25, 0.3) is 0 Å². The Labute approximate surface area is 103 Å². The molecule has 0 radical (unpaired) electrons. The zero-order chi connectivity index (χ0) is 12.0. The lowest BCUT2D eigenvalue weighted by Crippen LogP contribution is -2.04. The van der Waals surface area contributed by atoms with E-state index in [1.807, 2.05) is 13.0 Å². The molecule has 1 aromatic rings. The SMILES string of the molecule is CCOc1cc(C#N)c(Br)cc1OCCO. The summed E-state index contributed by atoms with van der Waals surface area (Å²) in [5, 5.41) is 17.6. The lowest BCUT2D eigenvalue weighted by molar-refractivity contribution is 0.194. The van der Waals surface area contributed by atoms with Crippen LogP contribution in [-0.4, -0.2) is 24.9 Å². The van der Waals surface area contributed by atoms with Crippen molar-refractivity contribution < 1.29 is 14.6 Å². The summed E-state index contributed by atoms with van der Waals surface area (Å²) in [6.45, 7) is 2.47. The Hall–Kier alpha value is -1.25. The van der Waals surface area contributed by atoms with Crippen LogP contribution in [0.2, 0.25) is 0 Å². The molecule has 0 aliphatic rings. The van der Waals surface area contributed by atoms with Crippen LogP contribution in [0.5, 0.6) is 11.5 Å². The van der Waals surface area contributed by atoms with Gasteiger partial charge >= 0.3 is 0 Å². The molecule has 0 unspecified atom stereocenters. The molecule has 1 aromatic carbocycles. The van der Waals surface area contributed by atoms with E-state index < -0.39 is 0 Å². The van der Waals surface area contributed by atoms with Crippen LogP contribution in [0.1, 0.15) is 12.5 Å². The fourth-order valence-electron chi connectivity index (χ4n) is 1.16. The number of hydrogen-bond acceptors (Lipinski definition) is 4. The van der Waals surface area contributed by atoms with Crippen molar-refractivity contribution in [1.29, 1.82) is 5.26 Å². The molecule has 0 atom stereocenters. The molecule has 0 saturated heterocycles. The molecule has 0 fully saturated rings. The number of rotatable bonds is 5. The molecule has 4 nitrogen and oxygen atoms in total. The van der Waals surface area contributed by atoms with Crippen molar-refractivity contribution in [3.8, 4) is 17.6 Å². The Morgan fingerprint density at radius 3 is 2.62 bits per heavy atom. The van der Waals surface area contributed by atoms with Crippen LogP contribution >= 0.6 is 15.9 Å². The maximum atomic E-state index is 8.86. The summed E-state index contributed by atoms with van der Waals surface area (Å²) >= 11 is 3.26. The second-order valence-corrected chi connectivity index (χ2v) is 3.75. The van der Waals surface area contributed by atoms with Crippen molar-refractivity contribution in [3.05, 3.63) is 22.2 Å². The maximum Gasteiger partial charge on any atom is 0.162 e. The van der Waals surface area contributed by atoms with Gasteiger partial charge in [-0.15, -0.1) is 0 Å². The number of nitriles is 1. The first-order chi connectivity index (χ1) is 7.72. The monoisotopic (exact) mass is 285 g/mol. The maximum absolute atomic E-state index is 8.86. The summed E-state index contributed by atoms with van der Waals surface area (Å²) in [6, 6.07) is 5.32. The predicted molar refractivity (Wildman–Crippen MR) is 62.6 cm³/mol. The number of halogens is 1. The van der Waals surface area contributed by atoms with E-state index in [-0.39, 0.29) is 13.2 Å². The average molecular weight is 286 g/mol. The van der Waals surface area contributed by atoms with Gasteiger partial charge in [0.05, 0.1) is 18.8 Å². The summed E-state index contributed by atoms with van der Waals surface area (Å²) in [7, 11) is 0. The third-order valence-electron chi connectivity index (χ3n) is 1.80. The summed E-state index contributed by atoms with van der Waals surface area (Å²) in [4.78, 5) is 0. The second-order valence-electron chi connectivity index (χ2n) is 2.90. The molecule has 0 spiro atoms. The first-order valence-corrected chi connectivity index (χ1v) is 5.62. The molecular weight excluding hydrogens is 274 g/mol. The van der Waals surface area contributed by atoms with Crippen LogP contribution in [0.4, 0.5) is 0 Å². The average Bonchev–Trinajstić information content (AvgIpc) is 2.29. The predicted octanol–water partition coefficient (Wildman–Crippen LogP) is 2.09. The molecule has 5 heteroatoms. The van der Waals surface area contributed by atoms with Crippen LogP contribution in [0.15, 0.2) is 16.6 Å². The van der Waals surface area contributed by atoms with E-state index in [0.29, 0.717) is 28.1 Å². The molecule has 1 rings (SSSR count). The van der Waals surface area contributed by atoms with Crippen molar-refractivity contribution in [1.82, 2.24) is 0 Å². The van der Waals surface area contributed by atoms with Crippen molar-refractivity contribution in [2.24, 2.45) is 0 Å². The van der Waals surface area contributed by atoms with Crippen molar-refractivity contribution in [2.45, 2.75) is 6.92 Å². The first-order valence-electron chi connectivity index (χ1n) is 4.83. The quantitative estimate of drug-likeness (QED) is 0.900. The number of aliphatic hydroxyl groups excluding tert-OH is 1. The van der Waals surface area contributed by atoms with Gasteiger partial charge in [0, 0.05) is 10.5 Å². The van der Waals surface area contributed by atoms with Gasteiger partial charge < -0.3 is 14.6 Å². The van der Waals surface area contributed by atoms with Crippen molar-refractivity contribution >= 4 is 15.9 Å². The van der Waals surface area contributed by atoms with E-state index in [4.69, 9.17) is 19.8 Å². The van der Waals surface area contributed by atoms with Crippen LogP contribution in [-0.2, 0) is 0 Å². The van der Waals surface area contributed by atoms with E-state index in [1.165, 1.54) is 0 Å². The highest BCUT2D eigenvalue weighted by Gasteiger charge is 2.10. The number of aliphatic hydroxyl groups is 1. The van der Waals surface area contributed by atoms with Gasteiger partial charge in [-0.3, -0.25) is 0 Å². The van der Waals surface area contributed by atoms with E-state index in [2.05, 4.69) is 15.9 Å². The minimum absolute atomic E-state index is 0.0663. The summed E-state index contributed by atoms with van der Waals surface area (Å²) in [5.74, 6) is 1.03. The van der Waals surface area contributed by atoms with Gasteiger partial charge in [0.2, 0.25) is 0 Å². The molecule has 0 aliphatic carbocycles. The number of nitrogens with zero attached hydrogens (tertiary/aromatic N) is 1. The zero-order valence-electron chi connectivity index (χ0n) is 8.86. The first kappa shape index (κ1) is 12.8. The highest BCUT2D eigenvalue weighted by atomic mass is 79.9. The topological polar surface area (TPSA) is 62.5 Å². The highest BCUT2D eigenvalue weighted by Crippen LogP contribution is 2.33. The molecule has 0 saturated carbocycles. The van der Waals surface area contributed by atoms with Gasteiger partial charge in [-0.05, 0) is 28.9 Å². The minimum Gasteiger partial charge on any atom is -0.490 e. The third-order valence-corrected chi connectivity index (χ3v) is 2.46. The Bertz CT molecular complexity index is 401. The van der Waals surface area contributed by atoms with Crippen molar-refractivity contribution in [2.75, 3.05) is 19.8 Å². The van der Waals surface area contributed by atoms with E-state index in [1.54, 1.807) is 12.1 Å². The summed E-state index contributed by atoms with van der Waals surface area (Å²) in [5.41, 5.74) is 0.486. The molecule has 16 heavy (non-hydrogen) atoms. The molecule has 0 amide bonds. The zero-order valence-corrected chi connectivity index (χ0v) is 10.5. The third kappa shape index (κ3) is 3.12. The summed E-state index contributed by atoms with van der Waals surface area (Å²) < 4.78 is 11.3. The van der Waals surface area contributed by atoms with E-state index >= 15 is 0 Å². The van der Waals surface area contributed by atoms with Gasteiger partial charge in [0.25, 0.3) is 0 Å². The molecular formula is C11H12BrNO3. The normalized spacial score (nSPS) is 9.62. The fraction of sp³-hybridized carbons (Fsp3) is 0.364. The Morgan fingerprint density at radius 1 is 1.38 bits per heavy atom. The fourth-order valence-corrected chi connectivity index (χ4v) is 1.57. The van der Waals surface area contributed by atoms with Crippen LogP contribution in [0.3, 0.4) is 0 Å². The number of hydrogen-bond donors (Lipinski definition) is 1. The van der Waals surface area contributed by atoms with Gasteiger partial charge in [0.15, 0.2) is 11.5 Å². The van der Waals surface area contributed by atoms with E-state index in [0.717, 1.165) is 0 Å². The Balaban J connectivity index is 3.04. The summed E-state index contributed by atoms with van der Waals surface area (Å²) in [6.07, 6.45) is 0. The molecule has 0 aromatic heterocycles. The second kappa shape index (κ2) is 6.36. The lowest BCUT2D eigenvalue weighted by atomic mass is 10.2. The smallest absolute Gasteiger partial charge is 0.162 e. The number of benzene rings is 1. The number of ether oxygens (including phenoxy) is 2. The Kier molecular flexibility index (Phi) is 5.09. The van der Waals surface area contributed by atoms with Gasteiger partial charge in [-0.25, -0.2) is 0 Å². The standard InChI is InChI=1S/C11H12BrNO3/c1-2-15-10-5-8(7-13)9(12)6-11(10)16-4-3-14/h5-6,14H,2-4H2,1H3. The van der Waals surface area contributed by atoms with E-state index in [9.17, 15) is 0 Å². The molecule has 0 bridgehead atoms. The van der Waals surface area contributed by atoms with Crippen LogP contribution in [0, 0.1) is 11.3 Å². The molecule has 0 heterocycles. The Morgan fingerprint density at radius 2 is 2.06 bits per heavy atom. The lowest BCUT2D eigenvalue weighted by Gasteiger charge is -2.12. The van der Waals surface area contributed by atoms with Gasteiger partial charge in [0.1, 0.15) is 12.7 Å². The highest BCUT2D eigenvalue weighted by molar-refractivity contribution is 9.10. The van der Waals surface area contributed by atoms with Gasteiger partial charge in [-0.1, -0.05) is 0 Å². The minimum atomic E-state index is -0.0663. The molecule has 1 N–H and O–H groups in total. The van der Waals surface area contributed by atoms with Crippen molar-refractivity contribution in [3.63, 3.8) is 0 Å². The molecule has 86 valence electrons. The largest absolute Gasteiger partial charge is 0.490 e. The van der Waals surface area contributed by atoms with Crippen LogP contribution < -0.4 is 9.47 Å².